The largest absolute Gasteiger partial charge is 0.380 e. The zero-order valence-corrected chi connectivity index (χ0v) is 16.6. The molecule has 2 unspecified atom stereocenters. The number of nitrogens with two attached hydrogens (primary N) is 1. The van der Waals surface area contributed by atoms with Gasteiger partial charge in [0.15, 0.2) is 0 Å². The normalized spacial score (nSPS) is 20.1. The number of methoxy groups -OCH3 is 1. The number of nitrogens with one attached hydrogen (secondary N) is 1. The molecule has 2 atom stereocenters. The fourth-order valence-electron chi connectivity index (χ4n) is 2.92. The highest BCUT2D eigenvalue weighted by Crippen LogP contribution is 2.25. The molecule has 0 aromatic carbocycles. The Bertz CT molecular complexity index is 326. The molecular weight excluding hydrogens is 337 g/mol. The van der Waals surface area contributed by atoms with E-state index < -0.39 is 0 Å². The van der Waals surface area contributed by atoms with Gasteiger partial charge in [-0.25, -0.2) is 0 Å². The van der Waals surface area contributed by atoms with Gasteiger partial charge in [0, 0.05) is 32.3 Å². The number of amides is 1. The van der Waals surface area contributed by atoms with Gasteiger partial charge in [-0.2, -0.15) is 0 Å². The lowest BCUT2D eigenvalue weighted by Gasteiger charge is -2.43. The van der Waals surface area contributed by atoms with E-state index in [2.05, 4.69) is 31.0 Å². The Morgan fingerprint density at radius 2 is 2.09 bits per heavy atom. The highest BCUT2D eigenvalue weighted by Gasteiger charge is 2.31. The van der Waals surface area contributed by atoms with Gasteiger partial charge in [0.2, 0.25) is 5.91 Å². The number of halogens is 2. The van der Waals surface area contributed by atoms with Gasteiger partial charge >= 0.3 is 0 Å². The minimum atomic E-state index is -0.187. The molecule has 1 aliphatic heterocycles. The van der Waals surface area contributed by atoms with Crippen LogP contribution in [0.5, 0.6) is 0 Å². The predicted molar refractivity (Wildman–Crippen MR) is 101 cm³/mol. The zero-order chi connectivity index (χ0) is 15.9. The number of carbonyl (C=O) groups excluding carboxylic acids is 1. The first-order valence-corrected chi connectivity index (χ1v) is 8.17. The van der Waals surface area contributed by atoms with Crippen molar-refractivity contribution in [3.8, 4) is 0 Å². The summed E-state index contributed by atoms with van der Waals surface area (Å²) in [5, 5.41) is 3.04. The summed E-state index contributed by atoms with van der Waals surface area (Å²) in [6.07, 6.45) is 3.98. The van der Waals surface area contributed by atoms with Gasteiger partial charge in [0.1, 0.15) is 0 Å². The molecule has 3 N–H and O–H groups in total. The van der Waals surface area contributed by atoms with Crippen molar-refractivity contribution in [1.82, 2.24) is 10.2 Å². The molecule has 1 fully saturated rings. The summed E-state index contributed by atoms with van der Waals surface area (Å²) in [6, 6.07) is 0. The van der Waals surface area contributed by atoms with E-state index in [4.69, 9.17) is 10.5 Å². The summed E-state index contributed by atoms with van der Waals surface area (Å²) in [5.41, 5.74) is 5.54. The Morgan fingerprint density at radius 1 is 1.43 bits per heavy atom. The van der Waals surface area contributed by atoms with Crippen LogP contribution in [0.15, 0.2) is 0 Å². The maximum absolute atomic E-state index is 12.0. The topological polar surface area (TPSA) is 67.6 Å². The smallest absolute Gasteiger partial charge is 0.222 e. The van der Waals surface area contributed by atoms with Crippen LogP contribution in [0.2, 0.25) is 0 Å². The standard InChI is InChI=1S/C16H33N3O2.2ClH/c1-5-13-7-6-8-19(11-13)16(2,3)12-18-15(20)9-14(10-17)21-4;;/h13-14H,5-12,17H2,1-4H3,(H,18,20);2*1H. The third kappa shape index (κ3) is 8.54. The first-order chi connectivity index (χ1) is 9.92. The molecule has 1 heterocycles. The second kappa shape index (κ2) is 12.3. The van der Waals surface area contributed by atoms with E-state index >= 15 is 0 Å². The number of likely N-dealkylation sites (tertiary alicyclic amines) is 1. The Kier molecular flexibility index (Phi) is 13.5. The van der Waals surface area contributed by atoms with Crippen molar-refractivity contribution in [2.24, 2.45) is 11.7 Å². The van der Waals surface area contributed by atoms with Crippen LogP contribution >= 0.6 is 24.8 Å². The van der Waals surface area contributed by atoms with Crippen molar-refractivity contribution in [1.29, 1.82) is 0 Å². The molecule has 0 spiro atoms. The molecule has 23 heavy (non-hydrogen) atoms. The highest BCUT2D eigenvalue weighted by atomic mass is 35.5. The van der Waals surface area contributed by atoms with Crippen molar-refractivity contribution in [3.05, 3.63) is 0 Å². The van der Waals surface area contributed by atoms with Crippen molar-refractivity contribution >= 4 is 30.7 Å². The first-order valence-electron chi connectivity index (χ1n) is 8.17. The molecular formula is C16H35Cl2N3O2. The Balaban J connectivity index is 0. The lowest BCUT2D eigenvalue weighted by atomic mass is 9.91. The van der Waals surface area contributed by atoms with E-state index in [1.54, 1.807) is 7.11 Å². The second-order valence-corrected chi connectivity index (χ2v) is 6.75. The van der Waals surface area contributed by atoms with Crippen LogP contribution < -0.4 is 11.1 Å². The summed E-state index contributed by atoms with van der Waals surface area (Å²) < 4.78 is 5.15. The number of carbonyl (C=O) groups is 1. The molecule has 140 valence electrons. The molecule has 0 saturated carbocycles. The zero-order valence-electron chi connectivity index (χ0n) is 15.0. The van der Waals surface area contributed by atoms with Crippen molar-refractivity contribution in [2.45, 2.75) is 58.1 Å². The van der Waals surface area contributed by atoms with E-state index in [9.17, 15) is 4.79 Å². The number of hydrogen-bond donors (Lipinski definition) is 2. The average Bonchev–Trinajstić information content (AvgIpc) is 2.50. The SMILES string of the molecule is CCC1CCCN(C(C)(C)CNC(=O)CC(CN)OC)C1.Cl.Cl. The van der Waals surface area contributed by atoms with Crippen LogP contribution in [0.3, 0.4) is 0 Å². The molecule has 0 aliphatic carbocycles. The summed E-state index contributed by atoms with van der Waals surface area (Å²) in [6.45, 7) is 10.00. The quantitative estimate of drug-likeness (QED) is 0.686. The van der Waals surface area contributed by atoms with E-state index in [0.717, 1.165) is 19.0 Å². The summed E-state index contributed by atoms with van der Waals surface area (Å²) >= 11 is 0. The van der Waals surface area contributed by atoms with Crippen molar-refractivity contribution < 1.29 is 9.53 Å². The monoisotopic (exact) mass is 371 g/mol. The molecule has 5 nitrogen and oxygen atoms in total. The van der Waals surface area contributed by atoms with Crippen molar-refractivity contribution in [3.63, 3.8) is 0 Å². The van der Waals surface area contributed by atoms with Crippen LogP contribution in [-0.4, -0.2) is 55.7 Å². The molecule has 0 aromatic rings. The van der Waals surface area contributed by atoms with Crippen LogP contribution in [0, 0.1) is 5.92 Å². The van der Waals surface area contributed by atoms with Crippen LogP contribution in [0.1, 0.15) is 46.5 Å². The minimum Gasteiger partial charge on any atom is -0.380 e. The van der Waals surface area contributed by atoms with E-state index in [1.165, 1.54) is 19.3 Å². The third-order valence-corrected chi connectivity index (χ3v) is 4.68. The van der Waals surface area contributed by atoms with Gasteiger partial charge in [0.05, 0.1) is 12.5 Å². The van der Waals surface area contributed by atoms with Crippen LogP contribution in [0.4, 0.5) is 0 Å². The van der Waals surface area contributed by atoms with Crippen molar-refractivity contribution in [2.75, 3.05) is 33.3 Å². The second-order valence-electron chi connectivity index (χ2n) is 6.75. The number of piperidine rings is 1. The molecule has 0 bridgehead atoms. The van der Waals surface area contributed by atoms with Gasteiger partial charge in [-0.15, -0.1) is 24.8 Å². The Hall–Kier alpha value is -0.0700. The van der Waals surface area contributed by atoms with Crippen LogP contribution in [0.25, 0.3) is 0 Å². The summed E-state index contributed by atoms with van der Waals surface area (Å²) in [5.74, 6) is 0.813. The van der Waals surface area contributed by atoms with Gasteiger partial charge in [0.25, 0.3) is 0 Å². The lowest BCUT2D eigenvalue weighted by Crippen LogP contribution is -2.55. The Morgan fingerprint density at radius 3 is 2.61 bits per heavy atom. The average molecular weight is 372 g/mol. The maximum Gasteiger partial charge on any atom is 0.222 e. The Labute approximate surface area is 153 Å². The molecule has 1 saturated heterocycles. The highest BCUT2D eigenvalue weighted by molar-refractivity contribution is 5.85. The fourth-order valence-corrected chi connectivity index (χ4v) is 2.92. The van der Waals surface area contributed by atoms with E-state index in [0.29, 0.717) is 19.5 Å². The number of ether oxygens (including phenoxy) is 1. The van der Waals surface area contributed by atoms with Gasteiger partial charge in [-0.3, -0.25) is 9.69 Å². The number of hydrogen-bond acceptors (Lipinski definition) is 4. The summed E-state index contributed by atoms with van der Waals surface area (Å²) in [7, 11) is 1.59. The number of nitrogens with zero attached hydrogens (tertiary/aromatic N) is 1. The first kappa shape index (κ1) is 25.2. The molecule has 0 radical (unpaired) electrons. The van der Waals surface area contributed by atoms with Gasteiger partial charge in [-0.1, -0.05) is 13.3 Å². The number of rotatable bonds is 8. The lowest BCUT2D eigenvalue weighted by molar-refractivity contribution is -0.124. The third-order valence-electron chi connectivity index (χ3n) is 4.68. The van der Waals surface area contributed by atoms with E-state index in [1.807, 2.05) is 0 Å². The van der Waals surface area contributed by atoms with Gasteiger partial charge < -0.3 is 15.8 Å². The molecule has 1 rings (SSSR count). The maximum atomic E-state index is 12.0. The van der Waals surface area contributed by atoms with Crippen LogP contribution in [-0.2, 0) is 9.53 Å². The van der Waals surface area contributed by atoms with Gasteiger partial charge in [-0.05, 0) is 39.2 Å². The predicted octanol–water partition coefficient (Wildman–Crippen LogP) is 2.21. The van der Waals surface area contributed by atoms with E-state index in [-0.39, 0.29) is 42.4 Å². The minimum absolute atomic E-state index is 0. The molecule has 1 amide bonds. The summed E-state index contributed by atoms with van der Waals surface area (Å²) in [4.78, 5) is 14.5. The fraction of sp³-hybridized carbons (Fsp3) is 0.938. The molecule has 1 aliphatic rings. The molecule has 7 heteroatoms. The molecule has 0 aromatic heterocycles.